The summed E-state index contributed by atoms with van der Waals surface area (Å²) in [6, 6.07) is 23.8. The quantitative estimate of drug-likeness (QED) is 0.0459. The number of hydrogen-bond donors (Lipinski definition) is 12. The number of aromatic amines is 1. The summed E-state index contributed by atoms with van der Waals surface area (Å²) in [6.07, 6.45) is 1.22. The van der Waals surface area contributed by atoms with E-state index in [1.807, 2.05) is 6.07 Å². The lowest BCUT2D eigenvalue weighted by Gasteiger charge is -2.19. The molecule has 0 bridgehead atoms. The molecular weight excluding hydrogens is 791 g/mol. The minimum Gasteiger partial charge on any atom is -0.444 e. The SMILES string of the molecule is CC(C)(C)OC(=O)NCc1ccc(C(N)=NO)cc1.NC(=NO)c1ccc(S(N)(=O)=O)cc1.NC(=NO)c1ccc2[nH]ncc2c1.NC(=O)c1ccc(C(N)=NO)cc1. The van der Waals surface area contributed by atoms with Crippen LogP contribution in [0.2, 0.25) is 0 Å². The second-order valence-electron chi connectivity index (χ2n) is 12.7. The van der Waals surface area contributed by atoms with Crippen LogP contribution in [0.15, 0.2) is 123 Å². The van der Waals surface area contributed by atoms with Gasteiger partial charge in [0.05, 0.1) is 16.6 Å². The highest BCUT2D eigenvalue weighted by atomic mass is 32.2. The Morgan fingerprint density at radius 2 is 1.08 bits per heavy atom. The summed E-state index contributed by atoms with van der Waals surface area (Å²) in [7, 11) is -3.70. The number of rotatable bonds is 8. The lowest BCUT2D eigenvalue weighted by atomic mass is 10.1. The Hall–Kier alpha value is -7.92. The minimum atomic E-state index is -3.70. The summed E-state index contributed by atoms with van der Waals surface area (Å²) in [5, 5.41) is 60.2. The van der Waals surface area contributed by atoms with Crippen molar-refractivity contribution in [1.82, 2.24) is 15.5 Å². The van der Waals surface area contributed by atoms with E-state index in [9.17, 15) is 18.0 Å². The number of benzene rings is 4. The number of carbonyl (C=O) groups is 2. The highest BCUT2D eigenvalue weighted by Crippen LogP contribution is 2.13. The van der Waals surface area contributed by atoms with E-state index in [1.54, 1.807) is 75.5 Å². The molecule has 1 heterocycles. The van der Waals surface area contributed by atoms with Gasteiger partial charge < -0.3 is 59.6 Å². The van der Waals surface area contributed by atoms with Gasteiger partial charge in [-0.1, -0.05) is 57.0 Å². The summed E-state index contributed by atoms with van der Waals surface area (Å²) in [5.41, 5.74) is 30.4. The van der Waals surface area contributed by atoms with Crippen molar-refractivity contribution in [3.63, 3.8) is 0 Å². The molecule has 5 aromatic rings. The molecule has 0 atom stereocenters. The molecule has 0 fully saturated rings. The predicted octanol–water partition coefficient (Wildman–Crippen LogP) is 1.77. The third-order valence-corrected chi connectivity index (χ3v) is 8.13. The molecule has 4 aromatic carbocycles. The van der Waals surface area contributed by atoms with Gasteiger partial charge in [-0.15, -0.1) is 0 Å². The zero-order valence-electron chi connectivity index (χ0n) is 31.9. The van der Waals surface area contributed by atoms with Crippen LogP contribution >= 0.6 is 0 Å². The van der Waals surface area contributed by atoms with Crippen molar-refractivity contribution in [2.24, 2.45) is 54.4 Å². The Morgan fingerprint density at radius 1 is 0.678 bits per heavy atom. The van der Waals surface area contributed by atoms with Crippen molar-refractivity contribution >= 4 is 56.3 Å². The number of nitrogens with zero attached hydrogens (tertiary/aromatic N) is 5. The number of primary sulfonamides is 1. The maximum Gasteiger partial charge on any atom is 0.407 e. The van der Waals surface area contributed by atoms with Crippen molar-refractivity contribution in [2.75, 3.05) is 0 Å². The standard InChI is InChI=1S/C13H19N3O3.C8H8N4O.C8H9N3O2.C7H9N3O3S/c1-13(2,3)19-12(17)15-8-9-4-6-10(7-5-9)11(14)16-18;9-8(12-13)5-1-2-7-6(3-5)4-10-11-7;9-7(11-13)5-1-3-6(4-2-5)8(10)12;8-7(10-11)5-1-3-6(4-2-5)14(9,12)13/h4-7,18H,8H2,1-3H3,(H2,14,16)(H,15,17);1-4,13H,(H2,9,12)(H,10,11);1-4,13H,(H2,9,11)(H2,10,12);1-4,11H,(H2,8,10)(H2,9,12,13). The molecule has 18 N–H and O–H groups in total. The Kier molecular flexibility index (Phi) is 17.6. The Balaban J connectivity index is 0.000000275. The molecule has 0 saturated heterocycles. The molecule has 59 heavy (non-hydrogen) atoms. The zero-order chi connectivity index (χ0) is 44.3. The maximum absolute atomic E-state index is 11.4. The first-order chi connectivity index (χ1) is 27.7. The van der Waals surface area contributed by atoms with Gasteiger partial charge in [-0.2, -0.15) is 5.10 Å². The number of amidine groups is 4. The van der Waals surface area contributed by atoms with Crippen LogP contribution in [0.4, 0.5) is 4.79 Å². The van der Waals surface area contributed by atoms with Crippen molar-refractivity contribution in [3.8, 4) is 0 Å². The number of carbonyl (C=O) groups excluding carboxylic acids is 2. The summed E-state index contributed by atoms with van der Waals surface area (Å²) in [5.74, 6) is -0.456. The van der Waals surface area contributed by atoms with Crippen LogP contribution in [-0.2, 0) is 21.3 Å². The number of ether oxygens (including phenoxy) is 1. The summed E-state index contributed by atoms with van der Waals surface area (Å²) < 4.78 is 26.8. The van der Waals surface area contributed by atoms with E-state index in [1.165, 1.54) is 36.4 Å². The van der Waals surface area contributed by atoms with Gasteiger partial charge >= 0.3 is 6.09 Å². The van der Waals surface area contributed by atoms with E-state index in [0.717, 1.165) is 16.5 Å². The number of primary amides is 1. The molecule has 314 valence electrons. The summed E-state index contributed by atoms with van der Waals surface area (Å²) >= 11 is 0. The lowest BCUT2D eigenvalue weighted by Crippen LogP contribution is -2.32. The molecule has 2 amide bonds. The number of alkyl carbamates (subject to hydrolysis) is 1. The van der Waals surface area contributed by atoms with E-state index < -0.39 is 27.6 Å². The number of sulfonamides is 1. The van der Waals surface area contributed by atoms with E-state index >= 15 is 0 Å². The second kappa shape index (κ2) is 22.0. The summed E-state index contributed by atoms with van der Waals surface area (Å²) in [6.45, 7) is 5.76. The third-order valence-electron chi connectivity index (χ3n) is 7.20. The number of H-pyrrole nitrogens is 1. The Morgan fingerprint density at radius 3 is 1.51 bits per heavy atom. The van der Waals surface area contributed by atoms with Gasteiger partial charge in [0.15, 0.2) is 23.3 Å². The first-order valence-electron chi connectivity index (χ1n) is 16.7. The fourth-order valence-corrected chi connectivity index (χ4v) is 4.75. The maximum atomic E-state index is 11.4. The third kappa shape index (κ3) is 16.0. The molecular formula is C36H45N13O9S. The van der Waals surface area contributed by atoms with E-state index in [-0.39, 0.29) is 28.2 Å². The number of amides is 2. The highest BCUT2D eigenvalue weighted by molar-refractivity contribution is 7.89. The second-order valence-corrected chi connectivity index (χ2v) is 14.2. The van der Waals surface area contributed by atoms with E-state index in [2.05, 4.69) is 36.1 Å². The van der Waals surface area contributed by atoms with Crippen molar-refractivity contribution in [2.45, 2.75) is 37.8 Å². The number of oxime groups is 4. The predicted molar refractivity (Wildman–Crippen MR) is 218 cm³/mol. The molecule has 0 spiro atoms. The number of hydrogen-bond acceptors (Lipinski definition) is 14. The van der Waals surface area contributed by atoms with Crippen molar-refractivity contribution in [1.29, 1.82) is 0 Å². The van der Waals surface area contributed by atoms with Crippen LogP contribution < -0.4 is 39.1 Å². The van der Waals surface area contributed by atoms with Crippen molar-refractivity contribution in [3.05, 3.63) is 131 Å². The van der Waals surface area contributed by atoms with Gasteiger partial charge in [0, 0.05) is 39.7 Å². The summed E-state index contributed by atoms with van der Waals surface area (Å²) in [4.78, 5) is 22.1. The van der Waals surface area contributed by atoms with Crippen molar-refractivity contribution < 1.29 is 43.6 Å². The Bertz CT molecular complexity index is 2390. The topological polar surface area (TPSA) is 405 Å². The zero-order valence-corrected chi connectivity index (χ0v) is 32.7. The van der Waals surface area contributed by atoms with Crippen LogP contribution in [0, 0.1) is 0 Å². The molecule has 0 unspecified atom stereocenters. The molecule has 22 nitrogen and oxygen atoms in total. The molecule has 5 rings (SSSR count). The number of nitrogens with two attached hydrogens (primary N) is 6. The molecule has 0 aliphatic heterocycles. The fraction of sp³-hybridized carbons (Fsp3) is 0.139. The molecule has 23 heteroatoms. The van der Waals surface area contributed by atoms with Crippen LogP contribution in [0.5, 0.6) is 0 Å². The number of aromatic nitrogens is 2. The normalized spacial score (nSPS) is 12.1. The molecule has 1 aromatic heterocycles. The van der Waals surface area contributed by atoms with E-state index in [0.29, 0.717) is 34.4 Å². The molecule has 0 aliphatic rings. The van der Waals surface area contributed by atoms with Crippen LogP contribution in [0.25, 0.3) is 10.9 Å². The molecule has 0 saturated carbocycles. The average molecular weight is 836 g/mol. The Labute approximate surface area is 337 Å². The van der Waals surface area contributed by atoms with Crippen LogP contribution in [-0.4, -0.2) is 80.4 Å². The van der Waals surface area contributed by atoms with Gasteiger partial charge in [-0.3, -0.25) is 9.89 Å². The van der Waals surface area contributed by atoms with Crippen LogP contribution in [0.3, 0.4) is 0 Å². The number of nitrogens with one attached hydrogen (secondary N) is 2. The number of fused-ring (bicyclic) bond motifs is 1. The van der Waals surface area contributed by atoms with Gasteiger partial charge in [-0.25, -0.2) is 18.4 Å². The smallest absolute Gasteiger partial charge is 0.407 e. The van der Waals surface area contributed by atoms with Gasteiger partial charge in [0.1, 0.15) is 5.60 Å². The average Bonchev–Trinajstić information content (AvgIpc) is 3.70. The van der Waals surface area contributed by atoms with Gasteiger partial charge in [0.2, 0.25) is 15.9 Å². The largest absolute Gasteiger partial charge is 0.444 e. The van der Waals surface area contributed by atoms with Crippen LogP contribution in [0.1, 0.15) is 58.9 Å². The first-order valence-corrected chi connectivity index (χ1v) is 18.2. The monoisotopic (exact) mass is 835 g/mol. The highest BCUT2D eigenvalue weighted by Gasteiger charge is 2.15. The molecule has 0 radical (unpaired) electrons. The van der Waals surface area contributed by atoms with Gasteiger partial charge in [0.25, 0.3) is 0 Å². The minimum absolute atomic E-state index is 0.00368. The fourth-order valence-electron chi connectivity index (χ4n) is 4.24. The van der Waals surface area contributed by atoms with Gasteiger partial charge in [-0.05, 0) is 80.9 Å². The molecule has 0 aliphatic carbocycles. The lowest BCUT2D eigenvalue weighted by molar-refractivity contribution is 0.0523. The first kappa shape index (κ1) is 47.2. The van der Waals surface area contributed by atoms with E-state index in [4.69, 9.17) is 59.4 Å².